The number of azide groups is 1. The van der Waals surface area contributed by atoms with Crippen LogP contribution in [-0.2, 0) is 19.0 Å². The van der Waals surface area contributed by atoms with Gasteiger partial charge in [0.25, 0.3) is 0 Å². The highest BCUT2D eigenvalue weighted by molar-refractivity contribution is 5.85. The fourth-order valence-corrected chi connectivity index (χ4v) is 9.97. The minimum atomic E-state index is -0.664. The van der Waals surface area contributed by atoms with Gasteiger partial charge in [0, 0.05) is 16.4 Å². The third kappa shape index (κ3) is 3.97. The molecule has 8 heteroatoms. The highest BCUT2D eigenvalue weighted by atomic mass is 16.7. The van der Waals surface area contributed by atoms with Crippen LogP contribution in [0.25, 0.3) is 10.4 Å². The van der Waals surface area contributed by atoms with E-state index in [-0.39, 0.29) is 47.3 Å². The maximum absolute atomic E-state index is 12.4. The van der Waals surface area contributed by atoms with E-state index in [1.807, 2.05) is 6.92 Å². The van der Waals surface area contributed by atoms with Crippen molar-refractivity contribution in [2.45, 2.75) is 122 Å². The molecule has 2 aliphatic heterocycles. The van der Waals surface area contributed by atoms with E-state index in [4.69, 9.17) is 19.7 Å². The van der Waals surface area contributed by atoms with Crippen molar-refractivity contribution in [2.24, 2.45) is 39.6 Å². The second-order valence-corrected chi connectivity index (χ2v) is 13.4. The highest BCUT2D eigenvalue weighted by Crippen LogP contribution is 2.70. The van der Waals surface area contributed by atoms with Gasteiger partial charge in [0.2, 0.25) is 0 Å². The van der Waals surface area contributed by atoms with Crippen molar-refractivity contribution < 1.29 is 24.1 Å². The molecule has 0 aromatic carbocycles. The van der Waals surface area contributed by atoms with Crippen molar-refractivity contribution in [1.82, 2.24) is 0 Å². The number of aliphatic hydroxyl groups is 1. The van der Waals surface area contributed by atoms with E-state index in [1.54, 1.807) is 6.08 Å². The van der Waals surface area contributed by atoms with E-state index in [1.165, 1.54) is 0 Å². The number of hydrogen-bond donors (Lipinski definition) is 1. The molecule has 204 valence electrons. The van der Waals surface area contributed by atoms with Crippen LogP contribution in [-0.4, -0.2) is 47.8 Å². The van der Waals surface area contributed by atoms with Crippen LogP contribution in [0.5, 0.6) is 0 Å². The predicted octanol–water partition coefficient (Wildman–Crippen LogP) is 5.83. The fourth-order valence-electron chi connectivity index (χ4n) is 9.97. The zero-order valence-electron chi connectivity index (χ0n) is 22.6. The Balaban J connectivity index is 1.13. The number of esters is 1. The first-order valence-electron chi connectivity index (χ1n) is 14.6. The van der Waals surface area contributed by atoms with Crippen molar-refractivity contribution in [2.75, 3.05) is 6.61 Å². The standard InChI is InChI=1S/C29H43N3O5/c1-17-24(31-32-30)6-7-26(36-17)37-20-8-11-27(2)19(15-20)4-5-23-22(27)9-12-28(3)21(10-13-29(23,28)34)18-14-25(33)35-16-18/h14,17,19-24,26,34H,4-13,15-16H2,1-3H3/t17?,19-,20+,21-,22?,23-,24-,26+,27?,28?,29+/m1/s1. The first kappa shape index (κ1) is 25.7. The molecule has 0 amide bonds. The van der Waals surface area contributed by atoms with E-state index in [0.717, 1.165) is 76.2 Å². The lowest BCUT2D eigenvalue weighted by molar-refractivity contribution is -0.240. The number of carbonyl (C=O) groups excluding carboxylic acids is 1. The van der Waals surface area contributed by atoms with E-state index in [2.05, 4.69) is 23.9 Å². The van der Waals surface area contributed by atoms with Gasteiger partial charge in [0.05, 0.1) is 23.9 Å². The summed E-state index contributed by atoms with van der Waals surface area (Å²) >= 11 is 0. The number of carbonyl (C=O) groups is 1. The highest BCUT2D eigenvalue weighted by Gasteiger charge is 2.67. The molecule has 6 rings (SSSR count). The molecule has 8 nitrogen and oxygen atoms in total. The monoisotopic (exact) mass is 513 g/mol. The molecule has 0 bridgehead atoms. The molecule has 0 aromatic rings. The van der Waals surface area contributed by atoms with E-state index in [9.17, 15) is 9.90 Å². The fraction of sp³-hybridized carbons (Fsp3) is 0.897. The summed E-state index contributed by atoms with van der Waals surface area (Å²) in [6.45, 7) is 7.16. The van der Waals surface area contributed by atoms with E-state index < -0.39 is 5.60 Å². The van der Waals surface area contributed by atoms with Gasteiger partial charge in [-0.25, -0.2) is 4.79 Å². The summed E-state index contributed by atoms with van der Waals surface area (Å²) in [5.74, 6) is 1.50. The molecule has 0 aromatic heterocycles. The third-order valence-corrected chi connectivity index (χ3v) is 12.1. The van der Waals surface area contributed by atoms with Crippen molar-refractivity contribution in [3.05, 3.63) is 22.1 Å². The quantitative estimate of drug-likeness (QED) is 0.167. The van der Waals surface area contributed by atoms with Gasteiger partial charge in [-0.3, -0.25) is 0 Å². The molecule has 4 aliphatic carbocycles. The summed E-state index contributed by atoms with van der Waals surface area (Å²) in [5, 5.41) is 16.3. The van der Waals surface area contributed by atoms with Gasteiger partial charge in [-0.05, 0) is 118 Å². The van der Waals surface area contributed by atoms with Crippen LogP contribution < -0.4 is 0 Å². The summed E-state index contributed by atoms with van der Waals surface area (Å²) in [6.07, 6.45) is 12.6. The Bertz CT molecular complexity index is 1010. The SMILES string of the molecule is CC1O[C@@H](O[C@H]2CCC3(C)C4CCC5(C)[C@@H](C6=CC(=O)OC6)CC[C@]5(O)[C@@H]4CC[C@@H]3C2)CC[C@H]1N=[N+]=[N-]. The number of rotatable bonds is 4. The van der Waals surface area contributed by atoms with Gasteiger partial charge in [0.1, 0.15) is 6.61 Å². The lowest BCUT2D eigenvalue weighted by Crippen LogP contribution is -2.62. The largest absolute Gasteiger partial charge is 0.458 e. The Kier molecular flexibility index (Phi) is 6.42. The molecule has 6 aliphatic rings. The molecule has 4 unspecified atom stereocenters. The number of ether oxygens (including phenoxy) is 3. The molecule has 11 atom stereocenters. The molecule has 0 radical (unpaired) electrons. The predicted molar refractivity (Wildman–Crippen MR) is 137 cm³/mol. The molecule has 5 fully saturated rings. The molecule has 2 heterocycles. The maximum atomic E-state index is 12.4. The smallest absolute Gasteiger partial charge is 0.331 e. The summed E-state index contributed by atoms with van der Waals surface area (Å²) in [7, 11) is 0. The van der Waals surface area contributed by atoms with Crippen LogP contribution in [0.15, 0.2) is 16.8 Å². The summed E-state index contributed by atoms with van der Waals surface area (Å²) < 4.78 is 17.8. The Morgan fingerprint density at radius 1 is 1.08 bits per heavy atom. The van der Waals surface area contributed by atoms with Crippen molar-refractivity contribution in [3.63, 3.8) is 0 Å². The molecule has 1 N–H and O–H groups in total. The maximum Gasteiger partial charge on any atom is 0.331 e. The van der Waals surface area contributed by atoms with Gasteiger partial charge in [0.15, 0.2) is 6.29 Å². The average Bonchev–Trinajstić information content (AvgIpc) is 3.41. The Labute approximate surface area is 220 Å². The van der Waals surface area contributed by atoms with Crippen LogP contribution in [0.1, 0.15) is 91.4 Å². The van der Waals surface area contributed by atoms with Crippen LogP contribution in [0.2, 0.25) is 0 Å². The van der Waals surface area contributed by atoms with Crippen molar-refractivity contribution >= 4 is 5.97 Å². The lowest BCUT2D eigenvalue weighted by Gasteiger charge is -2.63. The lowest BCUT2D eigenvalue weighted by atomic mass is 9.43. The zero-order chi connectivity index (χ0) is 26.0. The first-order chi connectivity index (χ1) is 17.7. The van der Waals surface area contributed by atoms with Gasteiger partial charge in [-0.15, -0.1) is 0 Å². The second-order valence-electron chi connectivity index (χ2n) is 13.4. The minimum Gasteiger partial charge on any atom is -0.458 e. The van der Waals surface area contributed by atoms with Gasteiger partial charge >= 0.3 is 5.97 Å². The van der Waals surface area contributed by atoms with E-state index >= 15 is 0 Å². The van der Waals surface area contributed by atoms with Gasteiger partial charge < -0.3 is 19.3 Å². The molecule has 4 saturated carbocycles. The number of nitrogens with zero attached hydrogens (tertiary/aromatic N) is 3. The Morgan fingerprint density at radius 2 is 1.92 bits per heavy atom. The van der Waals surface area contributed by atoms with Gasteiger partial charge in [-0.2, -0.15) is 0 Å². The molecular formula is C29H43N3O5. The average molecular weight is 514 g/mol. The Hall–Kier alpha value is -1.60. The number of hydrogen-bond acceptors (Lipinski definition) is 6. The summed E-state index contributed by atoms with van der Waals surface area (Å²) in [4.78, 5) is 14.8. The molecular weight excluding hydrogens is 470 g/mol. The second kappa shape index (κ2) is 9.25. The number of fused-ring (bicyclic) bond motifs is 5. The van der Waals surface area contributed by atoms with Crippen LogP contribution in [0.3, 0.4) is 0 Å². The van der Waals surface area contributed by atoms with Gasteiger partial charge in [-0.1, -0.05) is 19.0 Å². The number of cyclic esters (lactones) is 1. The normalized spacial score (nSPS) is 51.2. The van der Waals surface area contributed by atoms with Crippen LogP contribution in [0.4, 0.5) is 0 Å². The topological polar surface area (TPSA) is 114 Å². The summed E-state index contributed by atoms with van der Waals surface area (Å²) in [6, 6.07) is -0.106. The first-order valence-corrected chi connectivity index (χ1v) is 14.6. The van der Waals surface area contributed by atoms with Crippen LogP contribution >= 0.6 is 0 Å². The van der Waals surface area contributed by atoms with Crippen LogP contribution in [0, 0.1) is 34.5 Å². The van der Waals surface area contributed by atoms with Crippen molar-refractivity contribution in [1.29, 1.82) is 0 Å². The van der Waals surface area contributed by atoms with Crippen molar-refractivity contribution in [3.8, 4) is 0 Å². The molecule has 1 saturated heterocycles. The molecule has 0 spiro atoms. The summed E-state index contributed by atoms with van der Waals surface area (Å²) in [5.41, 5.74) is 9.26. The molecule has 37 heavy (non-hydrogen) atoms. The zero-order valence-corrected chi connectivity index (χ0v) is 22.6. The third-order valence-electron chi connectivity index (χ3n) is 12.1. The minimum absolute atomic E-state index is 0.106. The van der Waals surface area contributed by atoms with E-state index in [0.29, 0.717) is 24.4 Å². The Morgan fingerprint density at radius 3 is 2.65 bits per heavy atom.